The van der Waals surface area contributed by atoms with Crippen molar-refractivity contribution in [3.63, 3.8) is 0 Å². The summed E-state index contributed by atoms with van der Waals surface area (Å²) in [5.41, 5.74) is 6.23. The number of ether oxygens (including phenoxy) is 1. The van der Waals surface area contributed by atoms with Crippen molar-refractivity contribution in [3.8, 4) is 0 Å². The normalized spacial score (nSPS) is 20.2. The van der Waals surface area contributed by atoms with Crippen LogP contribution >= 0.6 is 0 Å². The molecule has 0 aliphatic carbocycles. The van der Waals surface area contributed by atoms with Crippen LogP contribution in [0.3, 0.4) is 0 Å². The molecular formula is C13H28N2O. The predicted molar refractivity (Wildman–Crippen MR) is 68.5 cm³/mol. The molecule has 2 N–H and O–H groups in total. The second-order valence-electron chi connectivity index (χ2n) is 5.02. The number of nitrogens with zero attached hydrogens (tertiary/aromatic N) is 1. The Kier molecular flexibility index (Phi) is 5.73. The van der Waals surface area contributed by atoms with Crippen LogP contribution in [0, 0.1) is 5.92 Å². The largest absolute Gasteiger partial charge is 0.384 e. The van der Waals surface area contributed by atoms with Gasteiger partial charge in [0.1, 0.15) is 0 Å². The van der Waals surface area contributed by atoms with Gasteiger partial charge in [-0.2, -0.15) is 0 Å². The average molecular weight is 228 g/mol. The van der Waals surface area contributed by atoms with Gasteiger partial charge in [0.15, 0.2) is 0 Å². The lowest BCUT2D eigenvalue weighted by Gasteiger charge is -2.46. The minimum absolute atomic E-state index is 0.248. The molecule has 1 fully saturated rings. The third-order valence-electron chi connectivity index (χ3n) is 4.38. The maximum Gasteiger partial charge on any atom is 0.0491 e. The standard InChI is InChI=1S/C13H28N2O/c1-4-13(5-2,11-14)15-8-6-12(7-9-15)10-16-3/h12H,4-11,14H2,1-3H3. The van der Waals surface area contributed by atoms with Crippen LogP contribution in [0.2, 0.25) is 0 Å². The Morgan fingerprint density at radius 2 is 1.81 bits per heavy atom. The molecule has 0 aromatic heterocycles. The number of methoxy groups -OCH3 is 1. The van der Waals surface area contributed by atoms with Crippen LogP contribution in [0.4, 0.5) is 0 Å². The van der Waals surface area contributed by atoms with Gasteiger partial charge < -0.3 is 10.5 Å². The van der Waals surface area contributed by atoms with Gasteiger partial charge in [0.05, 0.1) is 0 Å². The molecule has 0 aromatic carbocycles. The average Bonchev–Trinajstić information content (AvgIpc) is 2.34. The van der Waals surface area contributed by atoms with E-state index in [4.69, 9.17) is 10.5 Å². The Hall–Kier alpha value is -0.120. The summed E-state index contributed by atoms with van der Waals surface area (Å²) in [4.78, 5) is 2.61. The number of hydrogen-bond acceptors (Lipinski definition) is 3. The highest BCUT2D eigenvalue weighted by molar-refractivity contribution is 4.91. The summed E-state index contributed by atoms with van der Waals surface area (Å²) in [5, 5.41) is 0. The zero-order valence-corrected chi connectivity index (χ0v) is 11.2. The summed E-state index contributed by atoms with van der Waals surface area (Å²) in [7, 11) is 1.80. The van der Waals surface area contributed by atoms with E-state index in [1.54, 1.807) is 7.11 Å². The molecule has 0 amide bonds. The molecule has 1 rings (SSSR count). The maximum atomic E-state index is 5.99. The van der Waals surface area contributed by atoms with Crippen molar-refractivity contribution >= 4 is 0 Å². The molecule has 0 atom stereocenters. The molecule has 1 saturated heterocycles. The summed E-state index contributed by atoms with van der Waals surface area (Å²) in [5.74, 6) is 0.755. The van der Waals surface area contributed by atoms with Crippen LogP contribution in [-0.2, 0) is 4.74 Å². The summed E-state index contributed by atoms with van der Waals surface area (Å²) in [6.07, 6.45) is 4.84. The van der Waals surface area contributed by atoms with E-state index in [1.807, 2.05) is 0 Å². The van der Waals surface area contributed by atoms with Crippen molar-refractivity contribution < 1.29 is 4.74 Å². The van der Waals surface area contributed by atoms with Crippen molar-refractivity contribution in [1.29, 1.82) is 0 Å². The van der Waals surface area contributed by atoms with E-state index >= 15 is 0 Å². The fraction of sp³-hybridized carbons (Fsp3) is 1.00. The minimum Gasteiger partial charge on any atom is -0.384 e. The molecule has 0 saturated carbocycles. The van der Waals surface area contributed by atoms with Crippen LogP contribution in [-0.4, -0.2) is 43.8 Å². The number of nitrogens with two attached hydrogens (primary N) is 1. The van der Waals surface area contributed by atoms with Gasteiger partial charge in [-0.1, -0.05) is 13.8 Å². The van der Waals surface area contributed by atoms with Gasteiger partial charge in [0.2, 0.25) is 0 Å². The molecule has 0 bridgehead atoms. The molecule has 0 unspecified atom stereocenters. The summed E-state index contributed by atoms with van der Waals surface area (Å²) < 4.78 is 5.24. The van der Waals surface area contributed by atoms with E-state index in [-0.39, 0.29) is 5.54 Å². The first kappa shape index (κ1) is 13.9. The molecule has 1 heterocycles. The van der Waals surface area contributed by atoms with Crippen molar-refractivity contribution in [2.45, 2.75) is 45.1 Å². The summed E-state index contributed by atoms with van der Waals surface area (Å²) in [6, 6.07) is 0. The molecule has 3 heteroatoms. The van der Waals surface area contributed by atoms with E-state index in [0.29, 0.717) is 0 Å². The highest BCUT2D eigenvalue weighted by Crippen LogP contribution is 2.28. The van der Waals surface area contributed by atoms with Crippen molar-refractivity contribution in [2.24, 2.45) is 11.7 Å². The number of piperidine rings is 1. The number of likely N-dealkylation sites (tertiary alicyclic amines) is 1. The first-order valence-electron chi connectivity index (χ1n) is 6.66. The summed E-state index contributed by atoms with van der Waals surface area (Å²) >= 11 is 0. The lowest BCUT2D eigenvalue weighted by molar-refractivity contribution is 0.0289. The van der Waals surface area contributed by atoms with Gasteiger partial charge in [-0.05, 0) is 44.7 Å². The Labute approximate surface area is 100 Å². The Balaban J connectivity index is 2.50. The molecule has 1 aliphatic heterocycles. The monoisotopic (exact) mass is 228 g/mol. The fourth-order valence-electron chi connectivity index (χ4n) is 2.92. The SMILES string of the molecule is CCC(CC)(CN)N1CCC(COC)CC1. The Bertz CT molecular complexity index is 176. The van der Waals surface area contributed by atoms with Crippen molar-refractivity contribution in [2.75, 3.05) is 33.4 Å². The van der Waals surface area contributed by atoms with Gasteiger partial charge in [0, 0.05) is 25.8 Å². The van der Waals surface area contributed by atoms with Crippen molar-refractivity contribution in [1.82, 2.24) is 4.90 Å². The molecular weight excluding hydrogens is 200 g/mol. The second-order valence-corrected chi connectivity index (χ2v) is 5.02. The topological polar surface area (TPSA) is 38.5 Å². The zero-order chi connectivity index (χ0) is 12.0. The number of rotatable bonds is 6. The molecule has 1 aliphatic rings. The van der Waals surface area contributed by atoms with Crippen LogP contribution in [0.15, 0.2) is 0 Å². The molecule has 96 valence electrons. The molecule has 0 spiro atoms. The van der Waals surface area contributed by atoms with E-state index in [1.165, 1.54) is 25.9 Å². The van der Waals surface area contributed by atoms with Gasteiger partial charge in [-0.3, -0.25) is 4.90 Å². The summed E-state index contributed by atoms with van der Waals surface area (Å²) in [6.45, 7) is 8.60. The zero-order valence-electron chi connectivity index (χ0n) is 11.2. The first-order chi connectivity index (χ1) is 7.72. The van der Waals surface area contributed by atoms with E-state index in [9.17, 15) is 0 Å². The molecule has 16 heavy (non-hydrogen) atoms. The first-order valence-corrected chi connectivity index (χ1v) is 6.66. The van der Waals surface area contributed by atoms with Gasteiger partial charge in [0.25, 0.3) is 0 Å². The lowest BCUT2D eigenvalue weighted by atomic mass is 9.86. The molecule has 0 radical (unpaired) electrons. The van der Waals surface area contributed by atoms with E-state index in [2.05, 4.69) is 18.7 Å². The van der Waals surface area contributed by atoms with Crippen molar-refractivity contribution in [3.05, 3.63) is 0 Å². The number of hydrogen-bond donors (Lipinski definition) is 1. The third kappa shape index (κ3) is 2.96. The van der Waals surface area contributed by atoms with Gasteiger partial charge in [-0.25, -0.2) is 0 Å². The van der Waals surface area contributed by atoms with Crippen LogP contribution < -0.4 is 5.73 Å². The second kappa shape index (κ2) is 6.58. The van der Waals surface area contributed by atoms with Crippen LogP contribution in [0.1, 0.15) is 39.5 Å². The third-order valence-corrected chi connectivity index (χ3v) is 4.38. The van der Waals surface area contributed by atoms with Gasteiger partial charge >= 0.3 is 0 Å². The predicted octanol–water partition coefficient (Wildman–Crippen LogP) is 1.86. The smallest absolute Gasteiger partial charge is 0.0491 e. The molecule has 3 nitrogen and oxygen atoms in total. The Morgan fingerprint density at radius 1 is 1.25 bits per heavy atom. The van der Waals surface area contributed by atoms with E-state index in [0.717, 1.165) is 31.9 Å². The lowest BCUT2D eigenvalue weighted by Crippen LogP contribution is -2.55. The quantitative estimate of drug-likeness (QED) is 0.754. The molecule has 0 aromatic rings. The highest BCUT2D eigenvalue weighted by Gasteiger charge is 2.34. The van der Waals surface area contributed by atoms with Gasteiger partial charge in [-0.15, -0.1) is 0 Å². The minimum atomic E-state index is 0.248. The maximum absolute atomic E-state index is 5.99. The van der Waals surface area contributed by atoms with E-state index < -0.39 is 0 Å². The van der Waals surface area contributed by atoms with Crippen LogP contribution in [0.25, 0.3) is 0 Å². The Morgan fingerprint density at radius 3 is 2.19 bits per heavy atom. The highest BCUT2D eigenvalue weighted by atomic mass is 16.5. The fourth-order valence-corrected chi connectivity index (χ4v) is 2.92. The van der Waals surface area contributed by atoms with Crippen LogP contribution in [0.5, 0.6) is 0 Å².